The predicted molar refractivity (Wildman–Crippen MR) is 135 cm³/mol. The van der Waals surface area contributed by atoms with Crippen LogP contribution in [0.1, 0.15) is 84.0 Å². The summed E-state index contributed by atoms with van der Waals surface area (Å²) >= 11 is 0. The maximum absolute atomic E-state index is 13.7. The lowest BCUT2D eigenvalue weighted by atomic mass is 9.81. The first kappa shape index (κ1) is 27.9. The number of amides is 5. The van der Waals surface area contributed by atoms with Gasteiger partial charge in [0, 0.05) is 20.1 Å². The molecule has 3 unspecified atom stereocenters. The van der Waals surface area contributed by atoms with Gasteiger partial charge in [-0.3, -0.25) is 19.2 Å². The monoisotopic (exact) mass is 505 g/mol. The fourth-order valence-electron chi connectivity index (χ4n) is 5.67. The van der Waals surface area contributed by atoms with Crippen molar-refractivity contribution in [3.8, 4) is 0 Å². The maximum atomic E-state index is 13.7. The van der Waals surface area contributed by atoms with Gasteiger partial charge in [-0.15, -0.1) is 0 Å². The molecular weight excluding hydrogens is 462 g/mol. The topological polar surface area (TPSA) is 137 Å². The molecule has 10 nitrogen and oxygen atoms in total. The molecule has 3 rings (SSSR count). The van der Waals surface area contributed by atoms with E-state index in [4.69, 9.17) is 0 Å². The van der Waals surface area contributed by atoms with Crippen LogP contribution in [0.15, 0.2) is 0 Å². The Bertz CT molecular complexity index is 809. The largest absolute Gasteiger partial charge is 0.350 e. The number of hydrogen-bond donors (Lipinski definition) is 4. The molecule has 0 radical (unpaired) electrons. The van der Waals surface area contributed by atoms with Crippen LogP contribution in [0.25, 0.3) is 0 Å². The number of ketones is 1. The molecule has 0 aromatic rings. The van der Waals surface area contributed by atoms with Gasteiger partial charge in [-0.25, -0.2) is 4.79 Å². The van der Waals surface area contributed by atoms with Gasteiger partial charge in [-0.1, -0.05) is 38.5 Å². The highest BCUT2D eigenvalue weighted by Crippen LogP contribution is 2.31. The van der Waals surface area contributed by atoms with E-state index in [9.17, 15) is 24.0 Å². The van der Waals surface area contributed by atoms with Crippen molar-refractivity contribution in [2.45, 2.75) is 102 Å². The summed E-state index contributed by atoms with van der Waals surface area (Å²) in [4.78, 5) is 65.8. The van der Waals surface area contributed by atoms with Gasteiger partial charge in [0.2, 0.25) is 17.6 Å². The van der Waals surface area contributed by atoms with E-state index in [0.29, 0.717) is 38.3 Å². The molecule has 0 aromatic heterocycles. The fraction of sp³-hybridized carbons (Fsp3) is 0.808. The fourth-order valence-corrected chi connectivity index (χ4v) is 5.67. The van der Waals surface area contributed by atoms with Gasteiger partial charge in [0.1, 0.15) is 12.1 Å². The minimum atomic E-state index is -0.902. The molecule has 1 heterocycles. The Hall–Kier alpha value is -2.65. The number of likely N-dealkylation sites (tertiary alicyclic amines) is 1. The third kappa shape index (κ3) is 7.20. The average Bonchev–Trinajstić information content (AvgIpc) is 3.35. The van der Waals surface area contributed by atoms with Crippen molar-refractivity contribution >= 4 is 29.5 Å². The second-order valence-electron chi connectivity index (χ2n) is 10.4. The van der Waals surface area contributed by atoms with E-state index in [1.54, 1.807) is 11.8 Å². The standard InChI is InChI=1S/C26H43N5O5/c1-3-28-24(34)22(32)19(15-14-17-9-7-10-17)29-23(33)20-13-8-16-31(20)25(35)21(30-26(36)27-2)18-11-5-4-6-12-18/h17-21H,3-16H2,1-2H3,(H,28,34)(H,29,33)(H2,27,30,36). The first-order valence-electron chi connectivity index (χ1n) is 13.8. The summed E-state index contributed by atoms with van der Waals surface area (Å²) < 4.78 is 0. The number of carbonyl (C=O) groups excluding carboxylic acids is 5. The number of nitrogens with one attached hydrogen (secondary N) is 4. The van der Waals surface area contributed by atoms with E-state index in [1.807, 2.05) is 0 Å². The van der Waals surface area contributed by atoms with Crippen molar-refractivity contribution in [1.29, 1.82) is 0 Å². The second-order valence-corrected chi connectivity index (χ2v) is 10.4. The summed E-state index contributed by atoms with van der Waals surface area (Å²) in [7, 11) is 1.51. The minimum absolute atomic E-state index is 0.0300. The number of carbonyl (C=O) groups is 5. The smallest absolute Gasteiger partial charge is 0.315 e. The highest BCUT2D eigenvalue weighted by molar-refractivity contribution is 6.38. The molecule has 0 aromatic carbocycles. The zero-order chi connectivity index (χ0) is 26.1. The first-order chi connectivity index (χ1) is 17.3. The van der Waals surface area contributed by atoms with E-state index in [2.05, 4.69) is 21.3 Å². The molecule has 4 N–H and O–H groups in total. The Morgan fingerprint density at radius 1 is 0.889 bits per heavy atom. The van der Waals surface area contributed by atoms with Crippen molar-refractivity contribution in [1.82, 2.24) is 26.2 Å². The molecule has 3 fully saturated rings. The Balaban J connectivity index is 1.70. The van der Waals surface area contributed by atoms with Crippen LogP contribution < -0.4 is 21.3 Å². The van der Waals surface area contributed by atoms with Crippen LogP contribution in [0.3, 0.4) is 0 Å². The van der Waals surface area contributed by atoms with Crippen LogP contribution in [-0.4, -0.2) is 72.7 Å². The van der Waals surface area contributed by atoms with Gasteiger partial charge in [0.15, 0.2) is 0 Å². The molecule has 2 aliphatic carbocycles. The molecule has 10 heteroatoms. The van der Waals surface area contributed by atoms with E-state index in [-0.39, 0.29) is 11.8 Å². The summed E-state index contributed by atoms with van der Waals surface area (Å²) in [6.45, 7) is 2.50. The minimum Gasteiger partial charge on any atom is -0.350 e. The van der Waals surface area contributed by atoms with Crippen LogP contribution in [-0.2, 0) is 19.2 Å². The number of rotatable bonds is 11. The van der Waals surface area contributed by atoms with Gasteiger partial charge in [0.25, 0.3) is 5.91 Å². The Morgan fingerprint density at radius 2 is 1.61 bits per heavy atom. The lowest BCUT2D eigenvalue weighted by molar-refractivity contribution is -0.143. The number of likely N-dealkylation sites (N-methyl/N-ethyl adjacent to an activating group) is 1. The molecule has 0 bridgehead atoms. The molecule has 1 aliphatic heterocycles. The van der Waals surface area contributed by atoms with E-state index in [0.717, 1.165) is 51.4 Å². The van der Waals surface area contributed by atoms with Crippen molar-refractivity contribution in [2.24, 2.45) is 11.8 Å². The molecule has 0 spiro atoms. The molecule has 2 saturated carbocycles. The van der Waals surface area contributed by atoms with E-state index < -0.39 is 41.8 Å². The number of urea groups is 1. The zero-order valence-corrected chi connectivity index (χ0v) is 21.8. The first-order valence-corrected chi connectivity index (χ1v) is 13.8. The number of Topliss-reactive ketones (excluding diaryl/α,β-unsaturated/α-hetero) is 1. The molecule has 36 heavy (non-hydrogen) atoms. The normalized spacial score (nSPS) is 22.2. The SMILES string of the molecule is CCNC(=O)C(=O)C(CCC1CCC1)NC(=O)C1CCCN1C(=O)C(NC(=O)NC)C1CCCCC1. The Labute approximate surface area is 214 Å². The predicted octanol–water partition coefficient (Wildman–Crippen LogP) is 1.63. The average molecular weight is 506 g/mol. The van der Waals surface area contributed by atoms with Gasteiger partial charge in [-0.05, 0) is 57.3 Å². The van der Waals surface area contributed by atoms with Crippen LogP contribution >= 0.6 is 0 Å². The van der Waals surface area contributed by atoms with Crippen molar-refractivity contribution in [3.05, 3.63) is 0 Å². The lowest BCUT2D eigenvalue weighted by Gasteiger charge is -2.35. The van der Waals surface area contributed by atoms with Gasteiger partial charge in [-0.2, -0.15) is 0 Å². The van der Waals surface area contributed by atoms with Gasteiger partial charge < -0.3 is 26.2 Å². The lowest BCUT2D eigenvalue weighted by Crippen LogP contribution is -2.58. The molecule has 202 valence electrons. The van der Waals surface area contributed by atoms with Gasteiger partial charge in [0.05, 0.1) is 6.04 Å². The Kier molecular flexibility index (Phi) is 10.6. The molecular formula is C26H43N5O5. The highest BCUT2D eigenvalue weighted by Gasteiger charge is 2.41. The van der Waals surface area contributed by atoms with E-state index >= 15 is 0 Å². The summed E-state index contributed by atoms with van der Waals surface area (Å²) in [6, 6.07) is -2.73. The van der Waals surface area contributed by atoms with Crippen molar-refractivity contribution in [2.75, 3.05) is 20.1 Å². The number of nitrogens with zero attached hydrogens (tertiary/aromatic N) is 1. The van der Waals surface area contributed by atoms with Crippen LogP contribution in [0.4, 0.5) is 4.79 Å². The summed E-state index contributed by atoms with van der Waals surface area (Å²) in [5, 5.41) is 10.7. The van der Waals surface area contributed by atoms with Crippen LogP contribution in [0.2, 0.25) is 0 Å². The van der Waals surface area contributed by atoms with Crippen molar-refractivity contribution in [3.63, 3.8) is 0 Å². The summed E-state index contributed by atoms with van der Waals surface area (Å²) in [5.74, 6) is -1.42. The zero-order valence-electron chi connectivity index (χ0n) is 21.8. The molecule has 3 aliphatic rings. The second kappa shape index (κ2) is 13.6. The Morgan fingerprint density at radius 3 is 2.22 bits per heavy atom. The van der Waals surface area contributed by atoms with Crippen LogP contribution in [0.5, 0.6) is 0 Å². The summed E-state index contributed by atoms with van der Waals surface area (Å²) in [5.41, 5.74) is 0. The molecule has 5 amide bonds. The maximum Gasteiger partial charge on any atom is 0.315 e. The third-order valence-corrected chi connectivity index (χ3v) is 8.02. The third-order valence-electron chi connectivity index (χ3n) is 8.02. The number of hydrogen-bond acceptors (Lipinski definition) is 5. The van der Waals surface area contributed by atoms with Gasteiger partial charge >= 0.3 is 6.03 Å². The summed E-state index contributed by atoms with van der Waals surface area (Å²) in [6.07, 6.45) is 10.6. The van der Waals surface area contributed by atoms with Crippen LogP contribution in [0, 0.1) is 11.8 Å². The van der Waals surface area contributed by atoms with Crippen molar-refractivity contribution < 1.29 is 24.0 Å². The van der Waals surface area contributed by atoms with E-state index in [1.165, 1.54) is 13.5 Å². The molecule has 3 atom stereocenters. The quantitative estimate of drug-likeness (QED) is 0.316. The molecule has 1 saturated heterocycles. The highest BCUT2D eigenvalue weighted by atomic mass is 16.2.